The Balaban J connectivity index is 2.54. The Morgan fingerprint density at radius 2 is 2.00 bits per heavy atom. The Hall–Kier alpha value is -1.88. The van der Waals surface area contributed by atoms with E-state index in [0.717, 1.165) is 12.0 Å². The van der Waals surface area contributed by atoms with Crippen molar-refractivity contribution in [1.29, 1.82) is 0 Å². The minimum atomic E-state index is -0.466. The summed E-state index contributed by atoms with van der Waals surface area (Å²) in [5.74, 6) is 0.0283. The zero-order valence-electron chi connectivity index (χ0n) is 13.9. The van der Waals surface area contributed by atoms with Crippen LogP contribution in [0.4, 0.5) is 0 Å². The molecule has 0 radical (unpaired) electrons. The average molecular weight is 305 g/mol. The van der Waals surface area contributed by atoms with E-state index in [9.17, 15) is 9.59 Å². The van der Waals surface area contributed by atoms with Crippen LogP contribution in [0.25, 0.3) is 0 Å². The van der Waals surface area contributed by atoms with Gasteiger partial charge in [-0.1, -0.05) is 32.4 Å². The summed E-state index contributed by atoms with van der Waals surface area (Å²) in [6.07, 6.45) is 1.55. The summed E-state index contributed by atoms with van der Waals surface area (Å²) in [6.45, 7) is 4.51. The molecule has 0 aliphatic carbocycles. The van der Waals surface area contributed by atoms with E-state index in [1.165, 1.54) is 0 Å². The van der Waals surface area contributed by atoms with E-state index >= 15 is 0 Å². The molecule has 0 saturated carbocycles. The molecule has 1 aromatic rings. The normalized spacial score (nSPS) is 13.3. The second kappa shape index (κ2) is 8.54. The second-order valence-electron chi connectivity index (χ2n) is 5.85. The molecular formula is C17H27N3O2. The molecule has 22 heavy (non-hydrogen) atoms. The van der Waals surface area contributed by atoms with Crippen LogP contribution < -0.4 is 11.1 Å². The number of carbonyl (C=O) groups is 2. The van der Waals surface area contributed by atoms with Crippen LogP contribution in [0.5, 0.6) is 0 Å². The topological polar surface area (TPSA) is 75.4 Å². The zero-order chi connectivity index (χ0) is 16.7. The maximum atomic E-state index is 11.9. The van der Waals surface area contributed by atoms with E-state index in [4.69, 9.17) is 5.73 Å². The predicted molar refractivity (Wildman–Crippen MR) is 88.6 cm³/mol. The molecule has 0 aliphatic rings. The van der Waals surface area contributed by atoms with Crippen molar-refractivity contribution in [3.05, 3.63) is 35.4 Å². The third-order valence-electron chi connectivity index (χ3n) is 3.85. The molecule has 0 bridgehead atoms. The van der Waals surface area contributed by atoms with E-state index < -0.39 is 6.04 Å². The highest BCUT2D eigenvalue weighted by Gasteiger charge is 2.18. The van der Waals surface area contributed by atoms with Crippen molar-refractivity contribution in [1.82, 2.24) is 10.2 Å². The standard InChI is InChI=1S/C17H27N3O2/c1-5-12(2)15(18)16(21)19-10-9-13-7-6-8-14(11-13)17(22)20(3)4/h6-8,11-12,15H,5,9-10,18H2,1-4H3,(H,19,21). The number of hydrogen-bond acceptors (Lipinski definition) is 3. The van der Waals surface area contributed by atoms with E-state index in [0.29, 0.717) is 18.5 Å². The molecule has 0 aliphatic heterocycles. The lowest BCUT2D eigenvalue weighted by Crippen LogP contribution is -2.45. The molecule has 2 unspecified atom stereocenters. The molecule has 5 heteroatoms. The van der Waals surface area contributed by atoms with Crippen molar-refractivity contribution >= 4 is 11.8 Å². The molecule has 0 spiro atoms. The summed E-state index contributed by atoms with van der Waals surface area (Å²) < 4.78 is 0. The van der Waals surface area contributed by atoms with Gasteiger partial charge in [0.1, 0.15) is 0 Å². The van der Waals surface area contributed by atoms with Crippen LogP contribution in [0.2, 0.25) is 0 Å². The van der Waals surface area contributed by atoms with Crippen LogP contribution >= 0.6 is 0 Å². The van der Waals surface area contributed by atoms with Crippen LogP contribution in [-0.4, -0.2) is 43.4 Å². The number of amides is 2. The van der Waals surface area contributed by atoms with Gasteiger partial charge >= 0.3 is 0 Å². The molecule has 0 heterocycles. The van der Waals surface area contributed by atoms with Crippen LogP contribution in [0.1, 0.15) is 36.2 Å². The largest absolute Gasteiger partial charge is 0.354 e. The van der Waals surface area contributed by atoms with Gasteiger partial charge in [0, 0.05) is 26.2 Å². The first-order valence-electron chi connectivity index (χ1n) is 7.70. The van der Waals surface area contributed by atoms with E-state index in [1.807, 2.05) is 32.0 Å². The third-order valence-corrected chi connectivity index (χ3v) is 3.85. The van der Waals surface area contributed by atoms with Gasteiger partial charge in [-0.15, -0.1) is 0 Å². The summed E-state index contributed by atoms with van der Waals surface area (Å²) in [5, 5.41) is 2.86. The summed E-state index contributed by atoms with van der Waals surface area (Å²) in [6, 6.07) is 7.00. The molecule has 0 saturated heterocycles. The van der Waals surface area contributed by atoms with Gasteiger partial charge in [-0.05, 0) is 30.0 Å². The number of hydrogen-bond donors (Lipinski definition) is 2. The van der Waals surface area contributed by atoms with Gasteiger partial charge in [0.2, 0.25) is 5.91 Å². The SMILES string of the molecule is CCC(C)C(N)C(=O)NCCc1cccc(C(=O)N(C)C)c1. The Morgan fingerprint density at radius 3 is 2.59 bits per heavy atom. The van der Waals surface area contributed by atoms with Crippen LogP contribution in [-0.2, 0) is 11.2 Å². The van der Waals surface area contributed by atoms with Gasteiger partial charge < -0.3 is 16.0 Å². The van der Waals surface area contributed by atoms with Gasteiger partial charge in [0.15, 0.2) is 0 Å². The molecule has 1 rings (SSSR count). The minimum Gasteiger partial charge on any atom is -0.354 e. The van der Waals surface area contributed by atoms with Crippen LogP contribution in [0, 0.1) is 5.92 Å². The highest BCUT2D eigenvalue weighted by atomic mass is 16.2. The Morgan fingerprint density at radius 1 is 1.32 bits per heavy atom. The molecule has 2 amide bonds. The second-order valence-corrected chi connectivity index (χ2v) is 5.85. The highest BCUT2D eigenvalue weighted by molar-refractivity contribution is 5.94. The molecule has 5 nitrogen and oxygen atoms in total. The highest BCUT2D eigenvalue weighted by Crippen LogP contribution is 2.08. The fourth-order valence-electron chi connectivity index (χ4n) is 2.08. The predicted octanol–water partition coefficient (Wildman–Crippen LogP) is 1.42. The van der Waals surface area contributed by atoms with Crippen molar-refractivity contribution in [2.45, 2.75) is 32.7 Å². The maximum absolute atomic E-state index is 11.9. The summed E-state index contributed by atoms with van der Waals surface area (Å²) in [7, 11) is 3.46. The number of benzene rings is 1. The third kappa shape index (κ3) is 5.15. The number of nitrogens with two attached hydrogens (primary N) is 1. The lowest BCUT2D eigenvalue weighted by atomic mass is 9.99. The number of nitrogens with one attached hydrogen (secondary N) is 1. The minimum absolute atomic E-state index is 0.0234. The van der Waals surface area contributed by atoms with Crippen molar-refractivity contribution in [3.8, 4) is 0 Å². The number of carbonyl (C=O) groups excluding carboxylic acids is 2. The molecule has 3 N–H and O–H groups in total. The first-order chi connectivity index (χ1) is 10.4. The summed E-state index contributed by atoms with van der Waals surface area (Å²) in [5.41, 5.74) is 7.56. The Bertz CT molecular complexity index is 514. The quantitative estimate of drug-likeness (QED) is 0.800. The van der Waals surface area contributed by atoms with Gasteiger partial charge in [-0.2, -0.15) is 0 Å². The van der Waals surface area contributed by atoms with E-state index in [1.54, 1.807) is 25.1 Å². The number of nitrogens with zero attached hydrogens (tertiary/aromatic N) is 1. The summed E-state index contributed by atoms with van der Waals surface area (Å²) >= 11 is 0. The lowest BCUT2D eigenvalue weighted by molar-refractivity contribution is -0.123. The average Bonchev–Trinajstić information content (AvgIpc) is 2.52. The molecule has 0 aromatic heterocycles. The van der Waals surface area contributed by atoms with E-state index in [-0.39, 0.29) is 17.7 Å². The zero-order valence-corrected chi connectivity index (χ0v) is 13.9. The van der Waals surface area contributed by atoms with Crippen molar-refractivity contribution in [3.63, 3.8) is 0 Å². The lowest BCUT2D eigenvalue weighted by Gasteiger charge is -2.17. The monoisotopic (exact) mass is 305 g/mol. The Labute approximate surface area is 132 Å². The van der Waals surface area contributed by atoms with Crippen molar-refractivity contribution in [2.75, 3.05) is 20.6 Å². The molecular weight excluding hydrogens is 278 g/mol. The molecule has 0 fully saturated rings. The van der Waals surface area contributed by atoms with Gasteiger partial charge in [0.25, 0.3) is 5.91 Å². The number of rotatable bonds is 7. The first kappa shape index (κ1) is 18.2. The van der Waals surface area contributed by atoms with E-state index in [2.05, 4.69) is 5.32 Å². The molecule has 1 aromatic carbocycles. The molecule has 2 atom stereocenters. The van der Waals surface area contributed by atoms with Crippen molar-refractivity contribution in [2.24, 2.45) is 11.7 Å². The Kier molecular flexibility index (Phi) is 7.05. The smallest absolute Gasteiger partial charge is 0.253 e. The van der Waals surface area contributed by atoms with Gasteiger partial charge in [0.05, 0.1) is 6.04 Å². The molecule has 122 valence electrons. The van der Waals surface area contributed by atoms with Crippen molar-refractivity contribution < 1.29 is 9.59 Å². The van der Waals surface area contributed by atoms with Gasteiger partial charge in [-0.3, -0.25) is 9.59 Å². The fourth-order valence-corrected chi connectivity index (χ4v) is 2.08. The van der Waals surface area contributed by atoms with Crippen LogP contribution in [0.3, 0.4) is 0 Å². The maximum Gasteiger partial charge on any atom is 0.253 e. The summed E-state index contributed by atoms with van der Waals surface area (Å²) in [4.78, 5) is 25.4. The van der Waals surface area contributed by atoms with Gasteiger partial charge in [-0.25, -0.2) is 0 Å². The fraction of sp³-hybridized carbons (Fsp3) is 0.529. The first-order valence-corrected chi connectivity index (χ1v) is 7.70. The van der Waals surface area contributed by atoms with Crippen LogP contribution in [0.15, 0.2) is 24.3 Å².